The molecule has 15 heteroatoms. The number of sulfone groups is 2. The molecule has 3 aromatic carbocycles. The second kappa shape index (κ2) is 8.47. The van der Waals surface area contributed by atoms with E-state index in [1.165, 1.54) is 12.1 Å². The molecule has 0 aromatic heterocycles. The van der Waals surface area contributed by atoms with Crippen LogP contribution in [-0.2, 0) is 39.9 Å². The van der Waals surface area contributed by atoms with E-state index in [0.717, 1.165) is 36.4 Å². The second-order valence-corrected chi connectivity index (χ2v) is 13.6. The highest BCUT2D eigenvalue weighted by atomic mass is 35.5. The first kappa shape index (κ1) is 25.3. The van der Waals surface area contributed by atoms with Gasteiger partial charge in [-0.2, -0.15) is 16.8 Å². The summed E-state index contributed by atoms with van der Waals surface area (Å²) in [5, 5.41) is 0.206. The van der Waals surface area contributed by atoms with Crippen LogP contribution in [0.3, 0.4) is 0 Å². The van der Waals surface area contributed by atoms with Crippen molar-refractivity contribution in [2.45, 2.75) is 29.4 Å². The highest BCUT2D eigenvalue weighted by molar-refractivity contribution is 7.93. The summed E-state index contributed by atoms with van der Waals surface area (Å²) in [5.41, 5.74) is 0. The van der Waals surface area contributed by atoms with Crippen LogP contribution < -0.4 is 0 Å². The molecule has 10 nitrogen and oxygen atoms in total. The van der Waals surface area contributed by atoms with Gasteiger partial charge in [-0.3, -0.25) is 9.11 Å². The Morgan fingerprint density at radius 2 is 1.03 bits per heavy atom. The van der Waals surface area contributed by atoms with Gasteiger partial charge in [-0.15, -0.1) is 0 Å². The van der Waals surface area contributed by atoms with Crippen molar-refractivity contribution in [1.29, 1.82) is 0 Å². The molecule has 0 heterocycles. The molecule has 176 valence electrons. The van der Waals surface area contributed by atoms with Crippen LogP contribution in [0.25, 0.3) is 0 Å². The van der Waals surface area contributed by atoms with E-state index >= 15 is 0 Å². The minimum Gasteiger partial charge on any atom is -0.282 e. The predicted octanol–water partition coefficient (Wildman–Crippen LogP) is 2.50. The predicted molar refractivity (Wildman–Crippen MR) is 115 cm³/mol. The monoisotopic (exact) mass is 552 g/mol. The lowest BCUT2D eigenvalue weighted by atomic mass is 10.3. The maximum absolute atomic E-state index is 12.9. The highest BCUT2D eigenvalue weighted by Gasteiger charge is 2.30. The van der Waals surface area contributed by atoms with E-state index in [-0.39, 0.29) is 9.92 Å². The molecule has 0 saturated heterocycles. The van der Waals surface area contributed by atoms with Crippen LogP contribution in [0.15, 0.2) is 96.1 Å². The summed E-state index contributed by atoms with van der Waals surface area (Å²) in [7, 11) is -19.1. The number of benzene rings is 3. The largest absolute Gasteiger partial charge is 0.295 e. The maximum Gasteiger partial charge on any atom is 0.295 e. The summed E-state index contributed by atoms with van der Waals surface area (Å²) in [6.07, 6.45) is 0. The smallest absolute Gasteiger partial charge is 0.282 e. The van der Waals surface area contributed by atoms with Crippen molar-refractivity contribution in [1.82, 2.24) is 0 Å². The zero-order valence-corrected chi connectivity index (χ0v) is 20.0. The molecular weight excluding hydrogens is 540 g/mol. The van der Waals surface area contributed by atoms with Crippen molar-refractivity contribution in [3.63, 3.8) is 0 Å². The molecule has 0 aliphatic heterocycles. The summed E-state index contributed by atoms with van der Waals surface area (Å²) in [5.74, 6) is 0. The van der Waals surface area contributed by atoms with E-state index in [0.29, 0.717) is 18.2 Å². The van der Waals surface area contributed by atoms with Gasteiger partial charge in [-0.25, -0.2) is 16.8 Å². The molecule has 3 aromatic rings. The van der Waals surface area contributed by atoms with Gasteiger partial charge < -0.3 is 0 Å². The Morgan fingerprint density at radius 3 is 1.58 bits per heavy atom. The summed E-state index contributed by atoms with van der Waals surface area (Å²) >= 11 is 5.73. The number of hydrogen-bond donors (Lipinski definition) is 2. The number of halogens is 1. The molecule has 0 aliphatic rings. The van der Waals surface area contributed by atoms with E-state index in [9.17, 15) is 38.2 Å². The topological polar surface area (TPSA) is 177 Å². The van der Waals surface area contributed by atoms with E-state index in [1.807, 2.05) is 0 Å². The minimum absolute atomic E-state index is 0.206. The summed E-state index contributed by atoms with van der Waals surface area (Å²) < 4.78 is 117. The fourth-order valence-electron chi connectivity index (χ4n) is 2.76. The molecule has 2 N–H and O–H groups in total. The molecular formula is C18H13ClO10S4. The molecule has 0 radical (unpaired) electrons. The molecule has 0 bridgehead atoms. The first-order valence-electron chi connectivity index (χ1n) is 8.49. The maximum atomic E-state index is 12.9. The van der Waals surface area contributed by atoms with Crippen molar-refractivity contribution in [2.24, 2.45) is 0 Å². The Hall–Kier alpha value is -2.33. The molecule has 0 aliphatic carbocycles. The van der Waals surface area contributed by atoms with Crippen LogP contribution >= 0.6 is 11.6 Å². The van der Waals surface area contributed by atoms with Crippen molar-refractivity contribution in [3.8, 4) is 0 Å². The van der Waals surface area contributed by atoms with Crippen LogP contribution in [0.4, 0.5) is 0 Å². The normalized spacial score (nSPS) is 13.1. The van der Waals surface area contributed by atoms with E-state index in [4.69, 9.17) is 16.2 Å². The third kappa shape index (κ3) is 5.11. The fraction of sp³-hybridized carbons (Fsp3) is 0. The third-order valence-electron chi connectivity index (χ3n) is 4.33. The lowest BCUT2D eigenvalue weighted by Crippen LogP contribution is -2.12. The molecule has 0 saturated carbocycles. The zero-order valence-electron chi connectivity index (χ0n) is 16.0. The first-order valence-corrected chi connectivity index (χ1v) is 14.7. The summed E-state index contributed by atoms with van der Waals surface area (Å²) in [6.45, 7) is 0. The Labute approximate surface area is 194 Å². The van der Waals surface area contributed by atoms with Gasteiger partial charge in [0.1, 0.15) is 4.90 Å². The van der Waals surface area contributed by atoms with Gasteiger partial charge in [0.15, 0.2) is 0 Å². The third-order valence-corrected chi connectivity index (χ3v) is 10.0. The van der Waals surface area contributed by atoms with E-state index in [2.05, 4.69) is 0 Å². The molecule has 3 rings (SSSR count). The average molecular weight is 553 g/mol. The van der Waals surface area contributed by atoms with Gasteiger partial charge in [-0.05, 0) is 60.7 Å². The number of hydrogen-bond acceptors (Lipinski definition) is 8. The Balaban J connectivity index is 2.25. The van der Waals surface area contributed by atoms with Gasteiger partial charge in [0.25, 0.3) is 20.2 Å². The van der Waals surface area contributed by atoms with Crippen molar-refractivity contribution >= 4 is 51.5 Å². The van der Waals surface area contributed by atoms with E-state index in [1.54, 1.807) is 0 Å². The second-order valence-electron chi connectivity index (χ2n) is 6.49. The van der Waals surface area contributed by atoms with Crippen molar-refractivity contribution in [2.75, 3.05) is 0 Å². The van der Waals surface area contributed by atoms with Crippen LogP contribution in [-0.4, -0.2) is 42.8 Å². The summed E-state index contributed by atoms with van der Waals surface area (Å²) in [4.78, 5) is -4.58. The molecule has 0 unspecified atom stereocenters. The standard InChI is InChI=1S/C18H13ClO10S4/c19-12-4-6-13(7-5-12)31(22,23)17-9-8-15(11-18(17)33(27,28)29)30(20,21)14-2-1-3-16(10-14)32(24,25)26/h1-11H,(H,24,25,26)(H,27,28,29). The van der Waals surface area contributed by atoms with Crippen LogP contribution in [0.1, 0.15) is 0 Å². The SMILES string of the molecule is O=S(=O)(O)c1cccc(S(=O)(=O)c2ccc(S(=O)(=O)c3ccc(Cl)cc3)c(S(=O)(=O)O)c2)c1. The molecule has 33 heavy (non-hydrogen) atoms. The molecule has 0 atom stereocenters. The molecule has 0 spiro atoms. The average Bonchev–Trinajstić information content (AvgIpc) is 2.72. The Bertz CT molecular complexity index is 1680. The van der Waals surface area contributed by atoms with Crippen LogP contribution in [0.2, 0.25) is 5.02 Å². The van der Waals surface area contributed by atoms with Crippen LogP contribution in [0.5, 0.6) is 0 Å². The van der Waals surface area contributed by atoms with Gasteiger partial charge in [0, 0.05) is 5.02 Å². The fourth-order valence-corrected chi connectivity index (χ4v) is 7.45. The van der Waals surface area contributed by atoms with Crippen molar-refractivity contribution in [3.05, 3.63) is 71.8 Å². The lowest BCUT2D eigenvalue weighted by Gasteiger charge is -2.12. The van der Waals surface area contributed by atoms with Crippen LogP contribution in [0, 0.1) is 0 Å². The zero-order chi connectivity index (χ0) is 24.8. The lowest BCUT2D eigenvalue weighted by molar-refractivity contribution is 0.478. The minimum atomic E-state index is -5.23. The van der Waals surface area contributed by atoms with Gasteiger partial charge in [0.05, 0.1) is 24.5 Å². The molecule has 0 fully saturated rings. The van der Waals surface area contributed by atoms with Gasteiger partial charge >= 0.3 is 0 Å². The number of rotatable bonds is 6. The van der Waals surface area contributed by atoms with Gasteiger partial charge in [0.2, 0.25) is 19.7 Å². The molecule has 0 amide bonds. The van der Waals surface area contributed by atoms with E-state index < -0.39 is 64.4 Å². The quantitative estimate of drug-likeness (QED) is 0.432. The highest BCUT2D eigenvalue weighted by Crippen LogP contribution is 2.32. The van der Waals surface area contributed by atoms with Crippen molar-refractivity contribution < 1.29 is 42.8 Å². The Morgan fingerprint density at radius 1 is 0.515 bits per heavy atom. The first-order chi connectivity index (χ1) is 15.0. The Kier molecular flexibility index (Phi) is 6.49. The summed E-state index contributed by atoms with van der Waals surface area (Å²) in [6, 6.07) is 10.1. The van der Waals surface area contributed by atoms with Gasteiger partial charge in [-0.1, -0.05) is 17.7 Å².